The fourth-order valence-electron chi connectivity index (χ4n) is 3.47. The average molecular weight is 371 g/mol. The summed E-state index contributed by atoms with van der Waals surface area (Å²) in [5.41, 5.74) is 2.63. The number of nitrogens with one attached hydrogen (secondary N) is 1. The molecule has 5 heterocycles. The van der Waals surface area contributed by atoms with E-state index in [9.17, 15) is 4.79 Å². The Labute approximate surface area is 152 Å². The molecule has 5 rings (SSSR count). The van der Waals surface area contributed by atoms with Crippen molar-refractivity contribution in [2.45, 2.75) is 24.3 Å². The molecule has 2 aliphatic rings. The zero-order valence-corrected chi connectivity index (χ0v) is 14.7. The molecule has 9 heteroatoms. The number of hydrogen-bond donors (Lipinski definition) is 1. The molecular weight excluding hydrogens is 354 g/mol. The van der Waals surface area contributed by atoms with Crippen LogP contribution in [0, 0.1) is 0 Å². The van der Waals surface area contributed by atoms with Gasteiger partial charge < -0.3 is 14.5 Å². The normalized spacial score (nSPS) is 22.5. The van der Waals surface area contributed by atoms with Crippen LogP contribution in [-0.2, 0) is 16.9 Å². The van der Waals surface area contributed by atoms with E-state index in [1.54, 1.807) is 23.2 Å². The van der Waals surface area contributed by atoms with E-state index in [2.05, 4.69) is 20.6 Å². The van der Waals surface area contributed by atoms with Crippen molar-refractivity contribution in [2.75, 3.05) is 24.3 Å². The van der Waals surface area contributed by atoms with Crippen LogP contribution in [0.25, 0.3) is 11.0 Å². The number of aromatic nitrogens is 4. The van der Waals surface area contributed by atoms with Gasteiger partial charge in [-0.05, 0) is 17.4 Å². The number of fused-ring (bicyclic) bond motifs is 2. The molecule has 1 N–H and O–H groups in total. The third kappa shape index (κ3) is 2.67. The molecule has 1 saturated heterocycles. The first-order chi connectivity index (χ1) is 12.8. The SMILES string of the molecule is O=c1cc2c(nn1C1COCC1Nc1nncc3ccoc13)CCSC2. The number of aryl methyl sites for hydroxylation is 1. The van der Waals surface area contributed by atoms with E-state index in [4.69, 9.17) is 9.15 Å². The number of furan rings is 1. The van der Waals surface area contributed by atoms with E-state index in [0.717, 1.165) is 34.6 Å². The fraction of sp³-hybridized carbons (Fsp3) is 0.412. The molecule has 3 aromatic rings. The van der Waals surface area contributed by atoms with Gasteiger partial charge in [-0.25, -0.2) is 4.68 Å². The minimum atomic E-state index is -0.200. The minimum Gasteiger partial charge on any atom is -0.460 e. The molecule has 26 heavy (non-hydrogen) atoms. The Morgan fingerprint density at radius 3 is 3.27 bits per heavy atom. The van der Waals surface area contributed by atoms with Crippen molar-refractivity contribution in [1.29, 1.82) is 0 Å². The van der Waals surface area contributed by atoms with Crippen molar-refractivity contribution < 1.29 is 9.15 Å². The van der Waals surface area contributed by atoms with Gasteiger partial charge in [0.2, 0.25) is 0 Å². The molecule has 0 spiro atoms. The maximum atomic E-state index is 12.6. The zero-order valence-electron chi connectivity index (χ0n) is 13.9. The second-order valence-corrected chi connectivity index (χ2v) is 7.56. The maximum absolute atomic E-state index is 12.6. The summed E-state index contributed by atoms with van der Waals surface area (Å²) < 4.78 is 12.7. The first-order valence-electron chi connectivity index (χ1n) is 8.52. The number of thioether (sulfide) groups is 1. The van der Waals surface area contributed by atoms with Gasteiger partial charge >= 0.3 is 0 Å². The number of rotatable bonds is 3. The third-order valence-corrected chi connectivity index (χ3v) is 5.82. The van der Waals surface area contributed by atoms with Crippen molar-refractivity contribution in [3.63, 3.8) is 0 Å². The van der Waals surface area contributed by atoms with Crippen molar-refractivity contribution in [2.24, 2.45) is 0 Å². The second-order valence-electron chi connectivity index (χ2n) is 6.46. The highest BCUT2D eigenvalue weighted by Crippen LogP contribution is 2.27. The standard InChI is InChI=1S/C17H17N5O3S/c23-15-5-11-9-26-4-2-12(11)21-22(15)14-8-24-7-13(14)19-17-16-10(1-3-25-16)6-18-20-17/h1,3,5-6,13-14H,2,4,7-9H2,(H,19,20). The van der Waals surface area contributed by atoms with Crippen LogP contribution in [0.15, 0.2) is 33.8 Å². The summed E-state index contributed by atoms with van der Waals surface area (Å²) in [6.07, 6.45) is 4.15. The van der Waals surface area contributed by atoms with Crippen molar-refractivity contribution in [3.05, 3.63) is 46.2 Å². The zero-order chi connectivity index (χ0) is 17.5. The molecule has 2 unspecified atom stereocenters. The number of ether oxygens (including phenoxy) is 1. The van der Waals surface area contributed by atoms with Crippen LogP contribution in [-0.4, -0.2) is 45.0 Å². The van der Waals surface area contributed by atoms with E-state index < -0.39 is 0 Å². The van der Waals surface area contributed by atoms with Gasteiger partial charge in [0.05, 0.1) is 37.4 Å². The summed E-state index contributed by atoms with van der Waals surface area (Å²) >= 11 is 1.84. The summed E-state index contributed by atoms with van der Waals surface area (Å²) in [5.74, 6) is 2.45. The second kappa shape index (κ2) is 6.40. The van der Waals surface area contributed by atoms with Gasteiger partial charge in [-0.15, -0.1) is 5.10 Å². The molecule has 0 aliphatic carbocycles. The van der Waals surface area contributed by atoms with Crippen LogP contribution in [0.5, 0.6) is 0 Å². The topological polar surface area (TPSA) is 95.1 Å². The third-order valence-electron chi connectivity index (χ3n) is 4.82. The monoisotopic (exact) mass is 371 g/mol. The molecule has 2 atom stereocenters. The van der Waals surface area contributed by atoms with Crippen molar-refractivity contribution in [1.82, 2.24) is 20.0 Å². The summed E-state index contributed by atoms with van der Waals surface area (Å²) in [6.45, 7) is 0.893. The van der Waals surface area contributed by atoms with Crippen LogP contribution < -0.4 is 10.9 Å². The van der Waals surface area contributed by atoms with E-state index in [1.807, 2.05) is 17.8 Å². The van der Waals surface area contributed by atoms with Crippen LogP contribution >= 0.6 is 11.8 Å². The van der Waals surface area contributed by atoms with Gasteiger partial charge in [-0.1, -0.05) is 0 Å². The molecule has 0 aromatic carbocycles. The van der Waals surface area contributed by atoms with Crippen LogP contribution in [0.2, 0.25) is 0 Å². The largest absolute Gasteiger partial charge is 0.460 e. The number of nitrogens with zero attached hydrogens (tertiary/aromatic N) is 4. The fourth-order valence-corrected chi connectivity index (χ4v) is 4.42. The predicted octanol–water partition coefficient (Wildman–Crippen LogP) is 1.62. The highest BCUT2D eigenvalue weighted by molar-refractivity contribution is 7.98. The highest BCUT2D eigenvalue weighted by atomic mass is 32.2. The van der Waals surface area contributed by atoms with E-state index >= 15 is 0 Å². The Morgan fingerprint density at radius 1 is 1.35 bits per heavy atom. The van der Waals surface area contributed by atoms with Gasteiger partial charge in [0.15, 0.2) is 11.4 Å². The molecule has 134 valence electrons. The molecule has 0 saturated carbocycles. The Balaban J connectivity index is 1.48. The van der Waals surface area contributed by atoms with Gasteiger partial charge in [-0.3, -0.25) is 4.79 Å². The van der Waals surface area contributed by atoms with E-state index in [1.165, 1.54) is 0 Å². The van der Waals surface area contributed by atoms with E-state index in [-0.39, 0.29) is 17.6 Å². The van der Waals surface area contributed by atoms with Crippen LogP contribution in [0.1, 0.15) is 17.3 Å². The molecular formula is C17H17N5O3S. The lowest BCUT2D eigenvalue weighted by Crippen LogP contribution is -2.38. The average Bonchev–Trinajstić information content (AvgIpc) is 3.31. The Kier molecular flexibility index (Phi) is 3.90. The summed E-state index contributed by atoms with van der Waals surface area (Å²) in [5, 5.41) is 17.0. The van der Waals surface area contributed by atoms with Gasteiger partial charge in [0, 0.05) is 23.6 Å². The first-order valence-corrected chi connectivity index (χ1v) is 9.67. The van der Waals surface area contributed by atoms with Gasteiger partial charge in [0.25, 0.3) is 5.56 Å². The first kappa shape index (κ1) is 15.8. The van der Waals surface area contributed by atoms with Gasteiger partial charge in [-0.2, -0.15) is 22.0 Å². The molecule has 1 fully saturated rings. The summed E-state index contributed by atoms with van der Waals surface area (Å²) in [7, 11) is 0. The van der Waals surface area contributed by atoms with E-state index in [0.29, 0.717) is 24.6 Å². The Bertz CT molecular complexity index is 1020. The number of hydrogen-bond acceptors (Lipinski definition) is 8. The highest BCUT2D eigenvalue weighted by Gasteiger charge is 2.33. The molecule has 0 bridgehead atoms. The molecule has 3 aromatic heterocycles. The smallest absolute Gasteiger partial charge is 0.267 e. The maximum Gasteiger partial charge on any atom is 0.267 e. The molecule has 2 aliphatic heterocycles. The lowest BCUT2D eigenvalue weighted by atomic mass is 10.1. The van der Waals surface area contributed by atoms with Crippen LogP contribution in [0.3, 0.4) is 0 Å². The minimum absolute atomic E-state index is 0.0872. The van der Waals surface area contributed by atoms with Gasteiger partial charge in [0.1, 0.15) is 6.04 Å². The van der Waals surface area contributed by atoms with Crippen LogP contribution in [0.4, 0.5) is 5.82 Å². The Hall–Kier alpha value is -2.39. The lowest BCUT2D eigenvalue weighted by Gasteiger charge is -2.22. The predicted molar refractivity (Wildman–Crippen MR) is 97.4 cm³/mol. The van der Waals surface area contributed by atoms with Crippen molar-refractivity contribution in [3.8, 4) is 0 Å². The Morgan fingerprint density at radius 2 is 2.31 bits per heavy atom. The summed E-state index contributed by atoms with van der Waals surface area (Å²) in [6, 6.07) is 3.22. The molecule has 8 nitrogen and oxygen atoms in total. The lowest BCUT2D eigenvalue weighted by molar-refractivity contribution is 0.182. The summed E-state index contributed by atoms with van der Waals surface area (Å²) in [4.78, 5) is 12.6. The number of anilines is 1. The molecule has 0 radical (unpaired) electrons. The quantitative estimate of drug-likeness (QED) is 0.742. The van der Waals surface area contributed by atoms with Crippen molar-refractivity contribution >= 4 is 28.5 Å². The molecule has 0 amide bonds.